The van der Waals surface area contributed by atoms with Gasteiger partial charge >= 0.3 is 18.9 Å². The maximum absolute atomic E-state index is 12.9. The Labute approximate surface area is 169 Å². The second-order valence-corrected chi connectivity index (χ2v) is 15.0. The first kappa shape index (κ1) is 20.8. The minimum Gasteiger partial charge on any atom is -0.872 e. The summed E-state index contributed by atoms with van der Waals surface area (Å²) >= 11 is 0. The van der Waals surface area contributed by atoms with E-state index in [1.54, 1.807) is 6.07 Å². The van der Waals surface area contributed by atoms with Crippen LogP contribution in [-0.2, 0) is 0 Å². The average molecular weight is 371 g/mol. The molecule has 2 nitrogen and oxygen atoms in total. The fourth-order valence-corrected chi connectivity index (χ4v) is 10.8. The molecular formula is C21H23LiNOPSi. The van der Waals surface area contributed by atoms with Gasteiger partial charge in [0.25, 0.3) is 0 Å². The normalized spacial score (nSPS) is 11.5. The molecule has 0 aliphatic carbocycles. The number of hydrogen-bond acceptors (Lipinski definition) is 2. The Bertz CT molecular complexity index is 865. The van der Waals surface area contributed by atoms with Gasteiger partial charge in [-0.2, -0.15) is 0 Å². The molecule has 0 radical (unpaired) electrons. The second kappa shape index (κ2) is 8.46. The Morgan fingerprint density at radius 3 is 1.54 bits per heavy atom. The molecule has 0 aromatic heterocycles. The maximum atomic E-state index is 12.9. The van der Waals surface area contributed by atoms with Crippen molar-refractivity contribution in [2.75, 3.05) is 0 Å². The van der Waals surface area contributed by atoms with Crippen molar-refractivity contribution in [3.05, 3.63) is 84.9 Å². The van der Waals surface area contributed by atoms with Crippen LogP contribution in [0.1, 0.15) is 0 Å². The first-order valence-electron chi connectivity index (χ1n) is 8.45. The molecule has 0 amide bonds. The Morgan fingerprint density at radius 2 is 1.12 bits per heavy atom. The van der Waals surface area contributed by atoms with Gasteiger partial charge in [-0.1, -0.05) is 110 Å². The maximum Gasteiger partial charge on any atom is 1.00 e. The van der Waals surface area contributed by atoms with Crippen LogP contribution in [-0.4, -0.2) is 8.24 Å². The molecule has 3 rings (SSSR count). The van der Waals surface area contributed by atoms with Gasteiger partial charge in [0, 0.05) is 7.05 Å². The van der Waals surface area contributed by atoms with E-state index in [0.29, 0.717) is 0 Å². The van der Waals surface area contributed by atoms with Crippen molar-refractivity contribution in [2.45, 2.75) is 19.6 Å². The van der Waals surface area contributed by atoms with Crippen LogP contribution in [0.3, 0.4) is 0 Å². The van der Waals surface area contributed by atoms with E-state index < -0.39 is 15.3 Å². The van der Waals surface area contributed by atoms with Crippen molar-refractivity contribution in [1.82, 2.24) is 0 Å². The fourth-order valence-electron chi connectivity index (χ4n) is 3.06. The topological polar surface area (TPSA) is 35.4 Å². The Hall–Kier alpha value is -1.50. The van der Waals surface area contributed by atoms with Crippen LogP contribution in [0.5, 0.6) is 5.75 Å². The predicted molar refractivity (Wildman–Crippen MR) is 110 cm³/mol. The summed E-state index contributed by atoms with van der Waals surface area (Å²) in [6, 6.07) is 28.1. The minimum absolute atomic E-state index is 0. The van der Waals surface area contributed by atoms with Gasteiger partial charge in [-0.15, -0.1) is 0 Å². The molecule has 128 valence electrons. The molecule has 0 aliphatic rings. The van der Waals surface area contributed by atoms with Crippen molar-refractivity contribution in [3.8, 4) is 5.75 Å². The van der Waals surface area contributed by atoms with Crippen molar-refractivity contribution in [1.29, 1.82) is 0 Å². The number of nitrogens with zero attached hydrogens (tertiary/aromatic N) is 1. The van der Waals surface area contributed by atoms with Crippen LogP contribution in [0.15, 0.2) is 89.3 Å². The summed E-state index contributed by atoms with van der Waals surface area (Å²) in [6.07, 6.45) is 0. The van der Waals surface area contributed by atoms with Crippen LogP contribution < -0.4 is 39.9 Å². The van der Waals surface area contributed by atoms with Crippen LogP contribution in [0, 0.1) is 0 Å². The summed E-state index contributed by atoms with van der Waals surface area (Å²) < 4.78 is 5.46. The van der Waals surface area contributed by atoms with Crippen LogP contribution in [0.25, 0.3) is 0 Å². The van der Waals surface area contributed by atoms with Gasteiger partial charge in [0.2, 0.25) is 0 Å². The number of rotatable bonds is 4. The van der Waals surface area contributed by atoms with E-state index in [1.165, 1.54) is 0 Å². The van der Waals surface area contributed by atoms with Crippen molar-refractivity contribution in [3.63, 3.8) is 0 Å². The third kappa shape index (κ3) is 4.25. The Kier molecular flexibility index (Phi) is 6.77. The van der Waals surface area contributed by atoms with Crippen LogP contribution >= 0.6 is 7.05 Å². The van der Waals surface area contributed by atoms with Crippen LogP contribution in [0.4, 0.5) is 0 Å². The first-order chi connectivity index (χ1) is 11.9. The summed E-state index contributed by atoms with van der Waals surface area (Å²) in [6.45, 7) is 6.71. The standard InChI is InChI=1S/C21H24NOPSi.Li/c1-25(2,3)22-24(18-12-6-4-7-13-18,19-14-8-5-9-15-19)21-17-11-10-16-20(21)23;/h4-17,23H,1-3H3;/q;+1/p-1. The van der Waals surface area contributed by atoms with Gasteiger partial charge < -0.3 is 9.52 Å². The Balaban J connectivity index is 0.00000243. The van der Waals surface area contributed by atoms with Crippen molar-refractivity contribution >= 4 is 31.2 Å². The first-order valence-corrected chi connectivity index (χ1v) is 13.6. The van der Waals surface area contributed by atoms with Gasteiger partial charge in [0.15, 0.2) is 8.24 Å². The molecule has 5 heteroatoms. The summed E-state index contributed by atoms with van der Waals surface area (Å²) in [5.74, 6) is 0.0746. The molecule has 0 unspecified atom stereocenters. The zero-order valence-electron chi connectivity index (χ0n) is 15.9. The molecular weight excluding hydrogens is 348 g/mol. The molecule has 0 saturated carbocycles. The average Bonchev–Trinajstić information content (AvgIpc) is 2.61. The molecule has 0 N–H and O–H groups in total. The molecule has 3 aromatic rings. The molecule has 0 fully saturated rings. The SMILES string of the molecule is C[Si](C)(C)N=P(c1ccccc1)(c1ccccc1)c1ccccc1[O-].[Li+]. The molecule has 0 heterocycles. The largest absolute Gasteiger partial charge is 1.00 e. The number of hydrogen-bond donors (Lipinski definition) is 0. The molecule has 0 aliphatic heterocycles. The summed E-state index contributed by atoms with van der Waals surface area (Å²) in [5.41, 5.74) is 0. The smallest absolute Gasteiger partial charge is 0.872 e. The van der Waals surface area contributed by atoms with E-state index in [4.69, 9.17) is 4.41 Å². The van der Waals surface area contributed by atoms with Gasteiger partial charge in [-0.05, 0) is 15.9 Å². The molecule has 3 aromatic carbocycles. The van der Waals surface area contributed by atoms with E-state index in [-0.39, 0.29) is 24.6 Å². The van der Waals surface area contributed by atoms with Crippen molar-refractivity contribution in [2.24, 2.45) is 4.41 Å². The summed E-state index contributed by atoms with van der Waals surface area (Å²) in [4.78, 5) is 0. The molecule has 0 saturated heterocycles. The molecule has 26 heavy (non-hydrogen) atoms. The molecule has 0 atom stereocenters. The number of para-hydroxylation sites is 1. The van der Waals surface area contributed by atoms with Crippen molar-refractivity contribution < 1.29 is 24.0 Å². The zero-order valence-corrected chi connectivity index (χ0v) is 17.8. The van der Waals surface area contributed by atoms with E-state index in [1.807, 2.05) is 54.6 Å². The van der Waals surface area contributed by atoms with Gasteiger partial charge in [-0.25, -0.2) is 0 Å². The quantitative estimate of drug-likeness (QED) is 0.499. The Morgan fingerprint density at radius 1 is 0.692 bits per heavy atom. The molecule has 0 spiro atoms. The minimum atomic E-state index is -2.34. The molecule has 0 bridgehead atoms. The predicted octanol–water partition coefficient (Wildman–Crippen LogP) is 1.08. The fraction of sp³-hybridized carbons (Fsp3) is 0.143. The van der Waals surface area contributed by atoms with E-state index in [0.717, 1.165) is 15.9 Å². The summed E-state index contributed by atoms with van der Waals surface area (Å²) in [7, 11) is -4.17. The second-order valence-electron chi connectivity index (χ2n) is 7.05. The number of benzene rings is 3. The van der Waals surface area contributed by atoms with Gasteiger partial charge in [0.1, 0.15) is 0 Å². The third-order valence-electron chi connectivity index (χ3n) is 3.92. The van der Waals surface area contributed by atoms with E-state index in [9.17, 15) is 5.11 Å². The third-order valence-corrected chi connectivity index (χ3v) is 10.7. The van der Waals surface area contributed by atoms with Crippen LogP contribution in [0.2, 0.25) is 19.6 Å². The van der Waals surface area contributed by atoms with Gasteiger partial charge in [0.05, 0.1) is 0 Å². The summed E-state index contributed by atoms with van der Waals surface area (Å²) in [5, 5.41) is 16.0. The van der Waals surface area contributed by atoms with Gasteiger partial charge in [-0.3, -0.25) is 0 Å². The van der Waals surface area contributed by atoms with E-state index in [2.05, 4.69) is 43.9 Å². The van der Waals surface area contributed by atoms with E-state index >= 15 is 0 Å². The monoisotopic (exact) mass is 371 g/mol. The zero-order chi connectivity index (χ0) is 17.9.